The fourth-order valence-electron chi connectivity index (χ4n) is 5.59. The van der Waals surface area contributed by atoms with Gasteiger partial charge in [0.1, 0.15) is 12.6 Å². The number of carboxylic acid groups (broad SMARTS) is 1. The third-order valence-corrected chi connectivity index (χ3v) is 10.0. The summed E-state index contributed by atoms with van der Waals surface area (Å²) in [4.78, 5) is 45.9. The molecule has 12 heteroatoms. The van der Waals surface area contributed by atoms with Crippen LogP contribution < -0.4 is 5.73 Å². The summed E-state index contributed by atoms with van der Waals surface area (Å²) in [7, 11) is -4.73. The van der Waals surface area contributed by atoms with E-state index in [1.807, 2.05) is 0 Å². The monoisotopic (exact) mass is 812 g/mol. The van der Waals surface area contributed by atoms with Crippen LogP contribution in [0.4, 0.5) is 0 Å². The van der Waals surface area contributed by atoms with Crippen molar-refractivity contribution in [3.8, 4) is 0 Å². The highest BCUT2D eigenvalue weighted by Crippen LogP contribution is 2.43. The Hall–Kier alpha value is -2.56. The van der Waals surface area contributed by atoms with Gasteiger partial charge < -0.3 is 25.2 Å². The van der Waals surface area contributed by atoms with E-state index in [1.165, 1.54) is 77.0 Å². The van der Waals surface area contributed by atoms with Gasteiger partial charge in [-0.25, -0.2) is 4.57 Å². The summed E-state index contributed by atoms with van der Waals surface area (Å²) < 4.78 is 32.6. The molecule has 0 spiro atoms. The van der Waals surface area contributed by atoms with Gasteiger partial charge in [0.2, 0.25) is 0 Å². The first kappa shape index (κ1) is 53.4. The van der Waals surface area contributed by atoms with E-state index in [0.717, 1.165) is 64.2 Å². The summed E-state index contributed by atoms with van der Waals surface area (Å²) in [6.45, 7) is 2.72. The van der Waals surface area contributed by atoms with Crippen molar-refractivity contribution < 1.29 is 47.5 Å². The molecule has 0 bridgehead atoms. The zero-order chi connectivity index (χ0) is 41.4. The number of hydrogen-bond acceptors (Lipinski definition) is 9. The standard InChI is InChI=1S/C44H78NO10P/c1-3-5-7-9-11-13-15-17-19-20-22-24-26-28-30-32-34-36-43(47)55-40(38-53-56(50,51)54-39-41(45)44(48)49)37-52-42(46)35-33-31-29-27-25-23-21-18-16-14-12-10-8-6-4-2/h12,14,17-19,21,25,27,40-41H,3-11,13,15-16,20,22-24,26,28-39,45H2,1-2H3,(H,48,49)(H,50,51)/b14-12+,19-17+,21-18+,27-25+/t40-,41+/m1/s1. The molecule has 0 aromatic rings. The molecular weight excluding hydrogens is 733 g/mol. The third kappa shape index (κ3) is 38.3. The van der Waals surface area contributed by atoms with Crippen molar-refractivity contribution >= 4 is 25.7 Å². The highest BCUT2D eigenvalue weighted by molar-refractivity contribution is 7.47. The van der Waals surface area contributed by atoms with Crippen LogP contribution in [-0.4, -0.2) is 59.9 Å². The Labute approximate surface area is 339 Å². The third-order valence-electron chi connectivity index (χ3n) is 9.05. The maximum atomic E-state index is 12.6. The fourth-order valence-corrected chi connectivity index (χ4v) is 6.37. The predicted molar refractivity (Wildman–Crippen MR) is 226 cm³/mol. The summed E-state index contributed by atoms with van der Waals surface area (Å²) in [5, 5.41) is 8.88. The number of carboxylic acids is 1. The summed E-state index contributed by atoms with van der Waals surface area (Å²) in [5.74, 6) is -2.43. The lowest BCUT2D eigenvalue weighted by Gasteiger charge is -2.20. The van der Waals surface area contributed by atoms with E-state index in [4.69, 9.17) is 24.8 Å². The topological polar surface area (TPSA) is 172 Å². The number of hydrogen-bond donors (Lipinski definition) is 3. The number of esters is 2. The molecule has 3 atom stereocenters. The van der Waals surface area contributed by atoms with Crippen molar-refractivity contribution in [1.82, 2.24) is 0 Å². The number of phosphoric acid groups is 1. The van der Waals surface area contributed by atoms with Crippen molar-refractivity contribution in [2.75, 3.05) is 19.8 Å². The van der Waals surface area contributed by atoms with E-state index in [9.17, 15) is 23.8 Å². The number of aliphatic carboxylic acids is 1. The SMILES string of the molecule is CCCCC/C=C/C/C=C/C/C=C/CCCCC(=O)OC[C@H](COP(=O)(O)OC[C@H](N)C(=O)O)OC(=O)CCCCCCCCC/C=C/CCCCCCCC. The number of phosphoric ester groups is 1. The van der Waals surface area contributed by atoms with E-state index in [2.05, 4.69) is 67.0 Å². The average Bonchev–Trinajstić information content (AvgIpc) is 3.17. The minimum atomic E-state index is -4.73. The first-order valence-corrected chi connectivity index (χ1v) is 23.2. The zero-order valence-electron chi connectivity index (χ0n) is 35.0. The minimum Gasteiger partial charge on any atom is -0.480 e. The Morgan fingerprint density at radius 2 is 0.946 bits per heavy atom. The van der Waals surface area contributed by atoms with Crippen LogP contribution in [0, 0.1) is 0 Å². The fraction of sp³-hybridized carbons (Fsp3) is 0.750. The van der Waals surface area contributed by atoms with Crippen LogP contribution >= 0.6 is 7.82 Å². The predicted octanol–water partition coefficient (Wildman–Crippen LogP) is 11.4. The summed E-state index contributed by atoms with van der Waals surface area (Å²) in [6, 6.07) is -1.53. The number of carbonyl (C=O) groups excluding carboxylic acids is 2. The molecule has 1 unspecified atom stereocenters. The van der Waals surface area contributed by atoms with Gasteiger partial charge in [0.05, 0.1) is 13.2 Å². The molecule has 0 heterocycles. The van der Waals surface area contributed by atoms with Crippen LogP contribution in [0.3, 0.4) is 0 Å². The van der Waals surface area contributed by atoms with Crippen LogP contribution in [0.2, 0.25) is 0 Å². The summed E-state index contributed by atoms with van der Waals surface area (Å²) in [6.07, 6.45) is 43.2. The lowest BCUT2D eigenvalue weighted by molar-refractivity contribution is -0.161. The number of allylic oxidation sites excluding steroid dienone is 8. The summed E-state index contributed by atoms with van der Waals surface area (Å²) >= 11 is 0. The molecule has 0 aromatic carbocycles. The molecule has 0 aromatic heterocycles. The second kappa shape index (κ2) is 39.3. The average molecular weight is 812 g/mol. The summed E-state index contributed by atoms with van der Waals surface area (Å²) in [5.41, 5.74) is 5.33. The highest BCUT2D eigenvalue weighted by atomic mass is 31.2. The lowest BCUT2D eigenvalue weighted by Crippen LogP contribution is -2.34. The van der Waals surface area contributed by atoms with Crippen molar-refractivity contribution in [2.45, 2.75) is 193 Å². The molecule has 0 aliphatic rings. The lowest BCUT2D eigenvalue weighted by atomic mass is 10.1. The van der Waals surface area contributed by atoms with Gasteiger partial charge in [0.25, 0.3) is 0 Å². The van der Waals surface area contributed by atoms with Crippen molar-refractivity contribution in [2.24, 2.45) is 5.73 Å². The molecule has 324 valence electrons. The van der Waals surface area contributed by atoms with Crippen LogP contribution in [0.25, 0.3) is 0 Å². The zero-order valence-corrected chi connectivity index (χ0v) is 35.9. The van der Waals surface area contributed by atoms with E-state index < -0.39 is 51.1 Å². The van der Waals surface area contributed by atoms with E-state index in [1.54, 1.807) is 0 Å². The van der Waals surface area contributed by atoms with Crippen LogP contribution in [0.5, 0.6) is 0 Å². The first-order valence-electron chi connectivity index (χ1n) is 21.7. The van der Waals surface area contributed by atoms with E-state index >= 15 is 0 Å². The Kier molecular flexibility index (Phi) is 37.5. The van der Waals surface area contributed by atoms with Gasteiger partial charge in [-0.2, -0.15) is 0 Å². The van der Waals surface area contributed by atoms with Gasteiger partial charge in [0.15, 0.2) is 6.10 Å². The molecule has 0 fully saturated rings. The van der Waals surface area contributed by atoms with Gasteiger partial charge in [-0.3, -0.25) is 23.4 Å². The van der Waals surface area contributed by atoms with Gasteiger partial charge in [-0.15, -0.1) is 0 Å². The number of rotatable bonds is 40. The smallest absolute Gasteiger partial charge is 0.472 e. The molecule has 0 amide bonds. The van der Waals surface area contributed by atoms with Crippen molar-refractivity contribution in [1.29, 1.82) is 0 Å². The Balaban J connectivity index is 4.44. The maximum Gasteiger partial charge on any atom is 0.472 e. The van der Waals surface area contributed by atoms with Crippen LogP contribution in [-0.2, 0) is 37.5 Å². The van der Waals surface area contributed by atoms with Gasteiger partial charge in [0, 0.05) is 12.8 Å². The number of unbranched alkanes of at least 4 members (excludes halogenated alkanes) is 18. The van der Waals surface area contributed by atoms with E-state index in [0.29, 0.717) is 12.8 Å². The molecule has 0 aliphatic carbocycles. The van der Waals surface area contributed by atoms with Crippen LogP contribution in [0.15, 0.2) is 48.6 Å². The Morgan fingerprint density at radius 3 is 1.50 bits per heavy atom. The van der Waals surface area contributed by atoms with Gasteiger partial charge in [-0.05, 0) is 77.0 Å². The van der Waals surface area contributed by atoms with Crippen molar-refractivity contribution in [3.63, 3.8) is 0 Å². The molecule has 4 N–H and O–H groups in total. The maximum absolute atomic E-state index is 12.6. The van der Waals surface area contributed by atoms with Crippen LogP contribution in [0.1, 0.15) is 181 Å². The van der Waals surface area contributed by atoms with E-state index in [-0.39, 0.29) is 19.4 Å². The highest BCUT2D eigenvalue weighted by Gasteiger charge is 2.28. The molecule has 0 radical (unpaired) electrons. The largest absolute Gasteiger partial charge is 0.480 e. The normalized spacial score (nSPS) is 14.2. The Bertz CT molecular complexity index is 1140. The molecule has 0 saturated carbocycles. The molecule has 0 rings (SSSR count). The Morgan fingerprint density at radius 1 is 0.554 bits per heavy atom. The molecular formula is C44H78NO10P. The molecule has 56 heavy (non-hydrogen) atoms. The molecule has 11 nitrogen and oxygen atoms in total. The second-order valence-electron chi connectivity index (χ2n) is 14.5. The van der Waals surface area contributed by atoms with Gasteiger partial charge >= 0.3 is 25.7 Å². The number of ether oxygens (including phenoxy) is 2. The minimum absolute atomic E-state index is 0.147. The number of carbonyl (C=O) groups is 3. The van der Waals surface area contributed by atoms with Crippen molar-refractivity contribution in [3.05, 3.63) is 48.6 Å². The van der Waals surface area contributed by atoms with Gasteiger partial charge in [-0.1, -0.05) is 140 Å². The quantitative estimate of drug-likeness (QED) is 0.0233. The first-order chi connectivity index (χ1) is 27.1. The second-order valence-corrected chi connectivity index (χ2v) is 15.9. The number of nitrogens with two attached hydrogens (primary N) is 1. The molecule has 0 aliphatic heterocycles. The molecule has 0 saturated heterocycles.